The maximum atomic E-state index is 12.7. The number of aryl methyl sites for hydroxylation is 3. The van der Waals surface area contributed by atoms with Crippen molar-refractivity contribution in [1.29, 1.82) is 0 Å². The van der Waals surface area contributed by atoms with E-state index in [0.717, 1.165) is 43.4 Å². The molecule has 3 heterocycles. The first-order valence-electron chi connectivity index (χ1n) is 6.88. The van der Waals surface area contributed by atoms with E-state index in [1.54, 1.807) is 0 Å². The van der Waals surface area contributed by atoms with E-state index < -0.39 is 0 Å². The van der Waals surface area contributed by atoms with Crippen LogP contribution in [-0.4, -0.2) is 47.0 Å². The van der Waals surface area contributed by atoms with Crippen molar-refractivity contribution in [2.45, 2.75) is 20.8 Å². The molecule has 2 unspecified atom stereocenters. The van der Waals surface area contributed by atoms with E-state index in [1.165, 1.54) is 0 Å². The maximum absolute atomic E-state index is 12.7. The van der Waals surface area contributed by atoms with Crippen molar-refractivity contribution in [3.05, 3.63) is 22.8 Å². The molecule has 3 rings (SSSR count). The molecule has 0 aromatic carbocycles. The van der Waals surface area contributed by atoms with Gasteiger partial charge in [0.05, 0.1) is 17.0 Å². The van der Waals surface area contributed by atoms with Crippen LogP contribution in [0.1, 0.15) is 27.6 Å². The molecule has 1 aromatic heterocycles. The number of rotatable bonds is 1. The highest BCUT2D eigenvalue weighted by Crippen LogP contribution is 2.28. The Morgan fingerprint density at radius 3 is 2.16 bits per heavy atom. The molecule has 2 aliphatic rings. The normalized spacial score (nSPS) is 25.7. The highest BCUT2D eigenvalue weighted by atomic mass is 16.2. The Morgan fingerprint density at radius 2 is 1.63 bits per heavy atom. The number of carbonyl (C=O) groups is 1. The Kier molecular flexibility index (Phi) is 3.01. The Labute approximate surface area is 113 Å². The lowest BCUT2D eigenvalue weighted by Gasteiger charge is -2.19. The van der Waals surface area contributed by atoms with Crippen LogP contribution < -0.4 is 5.32 Å². The minimum absolute atomic E-state index is 0.101. The molecule has 2 saturated heterocycles. The number of aromatic nitrogens is 2. The van der Waals surface area contributed by atoms with Gasteiger partial charge >= 0.3 is 0 Å². The van der Waals surface area contributed by atoms with Crippen LogP contribution in [0.2, 0.25) is 0 Å². The van der Waals surface area contributed by atoms with Gasteiger partial charge in [0.1, 0.15) is 5.82 Å². The predicted molar refractivity (Wildman–Crippen MR) is 72.0 cm³/mol. The smallest absolute Gasteiger partial charge is 0.257 e. The molecule has 5 heteroatoms. The standard InChI is InChI=1S/C14H20N4O/c1-8-13(9(2)17-10(3)16-8)14(19)18-6-11-4-15-5-12(11)7-18/h11-12,15H,4-7H2,1-3H3. The van der Waals surface area contributed by atoms with Gasteiger partial charge in [-0.05, 0) is 32.6 Å². The summed E-state index contributed by atoms with van der Waals surface area (Å²) in [6.45, 7) is 9.46. The molecule has 5 nitrogen and oxygen atoms in total. The Bertz CT molecular complexity index is 493. The van der Waals surface area contributed by atoms with E-state index in [-0.39, 0.29) is 5.91 Å². The molecule has 0 spiro atoms. The summed E-state index contributed by atoms with van der Waals surface area (Å²) in [5.74, 6) is 2.07. The third kappa shape index (κ3) is 2.12. The molecular weight excluding hydrogens is 240 g/mol. The fraction of sp³-hybridized carbons (Fsp3) is 0.643. The van der Waals surface area contributed by atoms with Crippen LogP contribution in [0.15, 0.2) is 0 Å². The predicted octanol–water partition coefficient (Wildman–Crippen LogP) is 0.693. The summed E-state index contributed by atoms with van der Waals surface area (Å²) in [6.07, 6.45) is 0. The second kappa shape index (κ2) is 4.56. The molecule has 0 radical (unpaired) electrons. The molecule has 0 bridgehead atoms. The Balaban J connectivity index is 1.85. The van der Waals surface area contributed by atoms with E-state index in [4.69, 9.17) is 0 Å². The number of hydrogen-bond acceptors (Lipinski definition) is 4. The van der Waals surface area contributed by atoms with Gasteiger partial charge in [0.15, 0.2) is 0 Å². The number of nitrogens with zero attached hydrogens (tertiary/aromatic N) is 3. The Hall–Kier alpha value is -1.49. The van der Waals surface area contributed by atoms with Crippen LogP contribution in [0.3, 0.4) is 0 Å². The molecule has 2 atom stereocenters. The highest BCUT2D eigenvalue weighted by Gasteiger charge is 2.39. The van der Waals surface area contributed by atoms with Crippen LogP contribution in [-0.2, 0) is 0 Å². The van der Waals surface area contributed by atoms with Gasteiger partial charge in [0, 0.05) is 26.2 Å². The number of fused-ring (bicyclic) bond motifs is 1. The van der Waals surface area contributed by atoms with E-state index in [9.17, 15) is 4.79 Å². The first-order valence-corrected chi connectivity index (χ1v) is 6.88. The number of likely N-dealkylation sites (tertiary alicyclic amines) is 1. The molecule has 1 aromatic rings. The summed E-state index contributed by atoms with van der Waals surface area (Å²) in [6, 6.07) is 0. The topological polar surface area (TPSA) is 58.1 Å². The lowest BCUT2D eigenvalue weighted by atomic mass is 10.0. The molecule has 102 valence electrons. The molecular formula is C14H20N4O. The van der Waals surface area contributed by atoms with Gasteiger partial charge in [-0.2, -0.15) is 0 Å². The quantitative estimate of drug-likeness (QED) is 0.807. The average Bonchev–Trinajstić information content (AvgIpc) is 2.86. The zero-order valence-electron chi connectivity index (χ0n) is 11.7. The van der Waals surface area contributed by atoms with Gasteiger partial charge in [-0.3, -0.25) is 4.79 Å². The van der Waals surface area contributed by atoms with E-state index in [2.05, 4.69) is 15.3 Å². The summed E-state index contributed by atoms with van der Waals surface area (Å²) in [5, 5.41) is 3.39. The third-order valence-electron chi connectivity index (χ3n) is 4.27. The summed E-state index contributed by atoms with van der Waals surface area (Å²) in [4.78, 5) is 23.3. The van der Waals surface area contributed by atoms with Crippen molar-refractivity contribution in [2.75, 3.05) is 26.2 Å². The molecule has 0 saturated carbocycles. The van der Waals surface area contributed by atoms with Crippen molar-refractivity contribution in [3.63, 3.8) is 0 Å². The fourth-order valence-corrected chi connectivity index (χ4v) is 3.37. The minimum atomic E-state index is 0.101. The van der Waals surface area contributed by atoms with Gasteiger partial charge in [-0.15, -0.1) is 0 Å². The first-order chi connectivity index (χ1) is 9.06. The average molecular weight is 260 g/mol. The summed E-state index contributed by atoms with van der Waals surface area (Å²) >= 11 is 0. The van der Waals surface area contributed by atoms with E-state index in [0.29, 0.717) is 17.4 Å². The van der Waals surface area contributed by atoms with Crippen LogP contribution in [0.4, 0.5) is 0 Å². The van der Waals surface area contributed by atoms with Crippen LogP contribution >= 0.6 is 0 Å². The number of nitrogens with one attached hydrogen (secondary N) is 1. The van der Waals surface area contributed by atoms with E-state index >= 15 is 0 Å². The first kappa shape index (κ1) is 12.5. The minimum Gasteiger partial charge on any atom is -0.338 e. The SMILES string of the molecule is Cc1nc(C)c(C(=O)N2CC3CNCC3C2)c(C)n1. The zero-order valence-corrected chi connectivity index (χ0v) is 11.7. The van der Waals surface area contributed by atoms with Crippen LogP contribution in [0.25, 0.3) is 0 Å². The van der Waals surface area contributed by atoms with E-state index in [1.807, 2.05) is 25.7 Å². The lowest BCUT2D eigenvalue weighted by molar-refractivity contribution is 0.0779. The molecule has 2 aliphatic heterocycles. The number of amides is 1. The van der Waals surface area contributed by atoms with Gasteiger partial charge in [0.25, 0.3) is 5.91 Å². The molecule has 0 aliphatic carbocycles. The molecule has 1 N–H and O–H groups in total. The van der Waals surface area contributed by atoms with Crippen molar-refractivity contribution in [2.24, 2.45) is 11.8 Å². The monoisotopic (exact) mass is 260 g/mol. The maximum Gasteiger partial charge on any atom is 0.257 e. The summed E-state index contributed by atoms with van der Waals surface area (Å²) in [5.41, 5.74) is 2.29. The molecule has 1 amide bonds. The third-order valence-corrected chi connectivity index (χ3v) is 4.27. The highest BCUT2D eigenvalue weighted by molar-refractivity contribution is 5.96. The zero-order chi connectivity index (χ0) is 13.6. The lowest BCUT2D eigenvalue weighted by Crippen LogP contribution is -2.33. The van der Waals surface area contributed by atoms with Crippen molar-refractivity contribution in [3.8, 4) is 0 Å². The van der Waals surface area contributed by atoms with Gasteiger partial charge in [0.2, 0.25) is 0 Å². The van der Waals surface area contributed by atoms with Gasteiger partial charge < -0.3 is 10.2 Å². The van der Waals surface area contributed by atoms with Crippen molar-refractivity contribution < 1.29 is 4.79 Å². The fourth-order valence-electron chi connectivity index (χ4n) is 3.37. The van der Waals surface area contributed by atoms with Gasteiger partial charge in [-0.1, -0.05) is 0 Å². The number of hydrogen-bond donors (Lipinski definition) is 1. The second-order valence-electron chi connectivity index (χ2n) is 5.71. The van der Waals surface area contributed by atoms with Gasteiger partial charge in [-0.25, -0.2) is 9.97 Å². The van der Waals surface area contributed by atoms with Crippen LogP contribution in [0, 0.1) is 32.6 Å². The van der Waals surface area contributed by atoms with Crippen molar-refractivity contribution >= 4 is 5.91 Å². The van der Waals surface area contributed by atoms with Crippen LogP contribution in [0.5, 0.6) is 0 Å². The largest absolute Gasteiger partial charge is 0.338 e. The second-order valence-corrected chi connectivity index (χ2v) is 5.71. The Morgan fingerprint density at radius 1 is 1.11 bits per heavy atom. The summed E-state index contributed by atoms with van der Waals surface area (Å²) < 4.78 is 0. The van der Waals surface area contributed by atoms with Crippen molar-refractivity contribution in [1.82, 2.24) is 20.2 Å². The molecule has 19 heavy (non-hydrogen) atoms. The summed E-state index contributed by atoms with van der Waals surface area (Å²) in [7, 11) is 0. The molecule has 2 fully saturated rings. The number of carbonyl (C=O) groups excluding carboxylic acids is 1.